The molecule has 2 heteroatoms. The van der Waals surface area contributed by atoms with E-state index in [1.54, 1.807) is 0 Å². The highest BCUT2D eigenvalue weighted by molar-refractivity contribution is 5.98. The maximum Gasteiger partial charge on any atom is 0.155 e. The number of carbonyl (C=O) groups excluding carboxylic acids is 2. The quantitative estimate of drug-likeness (QED) is 0.579. The lowest BCUT2D eigenvalue weighted by Gasteiger charge is -1.98. The van der Waals surface area contributed by atoms with Crippen molar-refractivity contribution in [3.05, 3.63) is 11.6 Å². The van der Waals surface area contributed by atoms with E-state index in [0.717, 1.165) is 6.42 Å². The zero-order chi connectivity index (χ0) is 8.85. The predicted molar refractivity (Wildman–Crippen MR) is 44.4 cm³/mol. The van der Waals surface area contributed by atoms with Crippen LogP contribution in [0.4, 0.5) is 0 Å². The Morgan fingerprint density at radius 1 is 1.27 bits per heavy atom. The first kappa shape index (κ1) is 10.1. The molecule has 0 aromatic carbocycles. The Morgan fingerprint density at radius 3 is 2.09 bits per heavy atom. The van der Waals surface area contributed by atoms with Crippen molar-refractivity contribution in [3.8, 4) is 0 Å². The van der Waals surface area contributed by atoms with Gasteiger partial charge in [-0.3, -0.25) is 9.59 Å². The molecule has 62 valence electrons. The second-order valence-electron chi connectivity index (χ2n) is 2.57. The van der Waals surface area contributed by atoms with Gasteiger partial charge in [0, 0.05) is 6.42 Å². The third kappa shape index (κ3) is 4.48. The van der Waals surface area contributed by atoms with Crippen LogP contribution in [0.3, 0.4) is 0 Å². The molecule has 0 saturated carbocycles. The summed E-state index contributed by atoms with van der Waals surface area (Å²) in [7, 11) is 0. The van der Waals surface area contributed by atoms with Crippen molar-refractivity contribution in [1.82, 2.24) is 0 Å². The standard InChI is InChI=1S/C9H14O2/c1-4-5-9(8(3)11)6-7(2)10/h5H,4,6H2,1-3H3/b9-5-. The molecule has 2 nitrogen and oxygen atoms in total. The van der Waals surface area contributed by atoms with Crippen molar-refractivity contribution in [3.63, 3.8) is 0 Å². The number of rotatable bonds is 4. The highest BCUT2D eigenvalue weighted by Gasteiger charge is 2.04. The zero-order valence-corrected chi connectivity index (χ0v) is 7.31. The number of allylic oxidation sites excluding steroid dienone is 2. The fraction of sp³-hybridized carbons (Fsp3) is 0.556. The van der Waals surface area contributed by atoms with Gasteiger partial charge in [-0.05, 0) is 25.8 Å². The molecule has 0 rings (SSSR count). The first-order valence-corrected chi connectivity index (χ1v) is 3.77. The van der Waals surface area contributed by atoms with Crippen molar-refractivity contribution in [2.75, 3.05) is 0 Å². The summed E-state index contributed by atoms with van der Waals surface area (Å²) in [5.41, 5.74) is 0.639. The Labute approximate surface area is 67.3 Å². The van der Waals surface area contributed by atoms with Crippen LogP contribution in [0.5, 0.6) is 0 Å². The fourth-order valence-electron chi connectivity index (χ4n) is 0.855. The number of carbonyl (C=O) groups is 2. The van der Waals surface area contributed by atoms with Crippen LogP contribution in [0.1, 0.15) is 33.6 Å². The Balaban J connectivity index is 4.23. The first-order valence-electron chi connectivity index (χ1n) is 3.77. The number of Topliss-reactive ketones (excluding diaryl/α,β-unsaturated/α-hetero) is 2. The van der Waals surface area contributed by atoms with Crippen LogP contribution in [0.15, 0.2) is 11.6 Å². The van der Waals surface area contributed by atoms with Crippen LogP contribution in [0.2, 0.25) is 0 Å². The average Bonchev–Trinajstić information content (AvgIpc) is 1.86. The zero-order valence-electron chi connectivity index (χ0n) is 7.31. The van der Waals surface area contributed by atoms with E-state index in [9.17, 15) is 9.59 Å². The lowest BCUT2D eigenvalue weighted by molar-refractivity contribution is -0.119. The van der Waals surface area contributed by atoms with Crippen LogP contribution >= 0.6 is 0 Å². The molecule has 0 spiro atoms. The highest BCUT2D eigenvalue weighted by atomic mass is 16.1. The van der Waals surface area contributed by atoms with E-state index in [2.05, 4.69) is 0 Å². The molecule has 0 radical (unpaired) electrons. The van der Waals surface area contributed by atoms with Gasteiger partial charge in [0.15, 0.2) is 5.78 Å². The van der Waals surface area contributed by atoms with Gasteiger partial charge >= 0.3 is 0 Å². The third-order valence-electron chi connectivity index (χ3n) is 1.34. The van der Waals surface area contributed by atoms with E-state index < -0.39 is 0 Å². The Bertz CT molecular complexity index is 190. The topological polar surface area (TPSA) is 34.1 Å². The maximum absolute atomic E-state index is 10.8. The summed E-state index contributed by atoms with van der Waals surface area (Å²) in [5, 5.41) is 0. The molecule has 0 aromatic rings. The minimum Gasteiger partial charge on any atom is -0.300 e. The van der Waals surface area contributed by atoms with E-state index in [4.69, 9.17) is 0 Å². The Kier molecular flexibility index (Phi) is 4.42. The van der Waals surface area contributed by atoms with Crippen molar-refractivity contribution in [2.45, 2.75) is 33.6 Å². The van der Waals surface area contributed by atoms with Crippen LogP contribution in [0.25, 0.3) is 0 Å². The first-order chi connectivity index (χ1) is 5.07. The SMILES string of the molecule is CC/C=C(/CC(C)=O)C(C)=O. The fourth-order valence-corrected chi connectivity index (χ4v) is 0.855. The molecule has 0 aliphatic rings. The number of ketones is 2. The van der Waals surface area contributed by atoms with Gasteiger partial charge in [-0.1, -0.05) is 13.0 Å². The van der Waals surface area contributed by atoms with Crippen LogP contribution in [-0.4, -0.2) is 11.6 Å². The summed E-state index contributed by atoms with van der Waals surface area (Å²) >= 11 is 0. The van der Waals surface area contributed by atoms with Gasteiger partial charge in [0.25, 0.3) is 0 Å². The van der Waals surface area contributed by atoms with E-state index in [0.29, 0.717) is 5.57 Å². The van der Waals surface area contributed by atoms with Crippen molar-refractivity contribution >= 4 is 11.6 Å². The Morgan fingerprint density at radius 2 is 1.82 bits per heavy atom. The van der Waals surface area contributed by atoms with E-state index in [1.807, 2.05) is 13.0 Å². The molecule has 0 N–H and O–H groups in total. The van der Waals surface area contributed by atoms with Gasteiger partial charge in [-0.15, -0.1) is 0 Å². The van der Waals surface area contributed by atoms with E-state index >= 15 is 0 Å². The molecule has 0 aromatic heterocycles. The summed E-state index contributed by atoms with van der Waals surface area (Å²) in [4.78, 5) is 21.5. The number of hydrogen-bond acceptors (Lipinski definition) is 2. The summed E-state index contributed by atoms with van der Waals surface area (Å²) < 4.78 is 0. The maximum atomic E-state index is 10.8. The van der Waals surface area contributed by atoms with Gasteiger partial charge in [-0.25, -0.2) is 0 Å². The molecule has 0 saturated heterocycles. The van der Waals surface area contributed by atoms with Crippen molar-refractivity contribution in [2.24, 2.45) is 0 Å². The summed E-state index contributed by atoms with van der Waals surface area (Å²) in [6.45, 7) is 4.93. The van der Waals surface area contributed by atoms with Gasteiger partial charge in [0.05, 0.1) is 0 Å². The summed E-state index contributed by atoms with van der Waals surface area (Å²) in [6.07, 6.45) is 2.90. The number of hydrogen-bond donors (Lipinski definition) is 0. The van der Waals surface area contributed by atoms with E-state index in [-0.39, 0.29) is 18.0 Å². The Hall–Kier alpha value is -0.920. The smallest absolute Gasteiger partial charge is 0.155 e. The molecule has 0 unspecified atom stereocenters. The van der Waals surface area contributed by atoms with Crippen LogP contribution in [0, 0.1) is 0 Å². The third-order valence-corrected chi connectivity index (χ3v) is 1.34. The lowest BCUT2D eigenvalue weighted by Crippen LogP contribution is -2.01. The van der Waals surface area contributed by atoms with Crippen molar-refractivity contribution < 1.29 is 9.59 Å². The molecule has 0 bridgehead atoms. The molecular weight excluding hydrogens is 140 g/mol. The minimum atomic E-state index is 0.00190. The van der Waals surface area contributed by atoms with E-state index in [1.165, 1.54) is 13.8 Å². The summed E-state index contributed by atoms with van der Waals surface area (Å²) in [5.74, 6) is 0.0435. The highest BCUT2D eigenvalue weighted by Crippen LogP contribution is 2.04. The molecule has 0 atom stereocenters. The molecule has 0 fully saturated rings. The van der Waals surface area contributed by atoms with Gasteiger partial charge in [-0.2, -0.15) is 0 Å². The molecule has 0 amide bonds. The minimum absolute atomic E-state index is 0.00190. The molecule has 0 heterocycles. The second kappa shape index (κ2) is 4.83. The average molecular weight is 154 g/mol. The second-order valence-corrected chi connectivity index (χ2v) is 2.57. The van der Waals surface area contributed by atoms with Crippen molar-refractivity contribution in [1.29, 1.82) is 0 Å². The van der Waals surface area contributed by atoms with Gasteiger partial charge < -0.3 is 0 Å². The molecular formula is C9H14O2. The predicted octanol–water partition coefficient (Wildman–Crippen LogP) is 1.89. The lowest BCUT2D eigenvalue weighted by atomic mass is 10.1. The van der Waals surface area contributed by atoms with Crippen LogP contribution < -0.4 is 0 Å². The largest absolute Gasteiger partial charge is 0.300 e. The molecule has 11 heavy (non-hydrogen) atoms. The monoisotopic (exact) mass is 154 g/mol. The van der Waals surface area contributed by atoms with Gasteiger partial charge in [0.1, 0.15) is 5.78 Å². The van der Waals surface area contributed by atoms with Gasteiger partial charge in [0.2, 0.25) is 0 Å². The normalized spacial score (nSPS) is 11.4. The molecule has 0 aliphatic carbocycles. The summed E-state index contributed by atoms with van der Waals surface area (Å²) in [6, 6.07) is 0. The van der Waals surface area contributed by atoms with Crippen LogP contribution in [-0.2, 0) is 9.59 Å². The molecule has 0 aliphatic heterocycles.